The van der Waals surface area contributed by atoms with E-state index in [9.17, 15) is 5.11 Å². The Hall–Kier alpha value is -1.29. The Bertz CT molecular complexity index is 511. The molecule has 3 heteroatoms. The van der Waals surface area contributed by atoms with Crippen LogP contribution in [0.25, 0.3) is 0 Å². The van der Waals surface area contributed by atoms with Crippen molar-refractivity contribution in [1.29, 1.82) is 0 Å². The molecule has 2 N–H and O–H groups in total. The van der Waals surface area contributed by atoms with Crippen molar-refractivity contribution in [3.8, 4) is 0 Å². The van der Waals surface area contributed by atoms with E-state index in [4.69, 9.17) is 0 Å². The second-order valence-electron chi connectivity index (χ2n) is 5.14. The van der Waals surface area contributed by atoms with Gasteiger partial charge in [0, 0.05) is 5.75 Å². The van der Waals surface area contributed by atoms with Gasteiger partial charge in [0.2, 0.25) is 0 Å². The lowest BCUT2D eigenvalue weighted by Gasteiger charge is -2.32. The summed E-state index contributed by atoms with van der Waals surface area (Å²) in [4.78, 5) is 0. The lowest BCUT2D eigenvalue weighted by molar-refractivity contribution is 0.165. The minimum absolute atomic E-state index is 0.111. The first-order valence-corrected chi connectivity index (χ1v) is 8.43. The normalized spacial score (nSPS) is 13.8. The van der Waals surface area contributed by atoms with E-state index in [0.717, 1.165) is 23.5 Å². The van der Waals surface area contributed by atoms with Gasteiger partial charge in [-0.05, 0) is 30.3 Å². The first-order chi connectivity index (χ1) is 10.3. The third-order valence-corrected chi connectivity index (χ3v) is 4.89. The number of aliphatic hydroxyl groups excluding tert-OH is 1. The van der Waals surface area contributed by atoms with Gasteiger partial charge in [-0.2, -0.15) is 11.8 Å². The molecule has 0 saturated heterocycles. The Balaban J connectivity index is 1.92. The fourth-order valence-electron chi connectivity index (χ4n) is 2.43. The summed E-state index contributed by atoms with van der Waals surface area (Å²) in [5.41, 5.74) is 2.15. The number of likely N-dealkylation sites (N-methyl/N-ethyl adjacent to an activating group) is 1. The van der Waals surface area contributed by atoms with Gasteiger partial charge in [0.05, 0.1) is 12.1 Å². The molecule has 0 radical (unpaired) electrons. The van der Waals surface area contributed by atoms with Gasteiger partial charge in [0.1, 0.15) is 0 Å². The number of thioether (sulfide) groups is 1. The summed E-state index contributed by atoms with van der Waals surface area (Å²) in [6.45, 7) is 0.111. The molecular weight excluding hydrogens is 278 g/mol. The van der Waals surface area contributed by atoms with Crippen molar-refractivity contribution < 1.29 is 5.11 Å². The molecule has 2 rings (SSSR count). The second kappa shape index (κ2) is 8.23. The van der Waals surface area contributed by atoms with Crippen LogP contribution in [0.15, 0.2) is 60.7 Å². The first-order valence-electron chi connectivity index (χ1n) is 7.28. The van der Waals surface area contributed by atoms with Crippen LogP contribution in [-0.4, -0.2) is 24.5 Å². The van der Waals surface area contributed by atoms with E-state index < -0.39 is 0 Å². The summed E-state index contributed by atoms with van der Waals surface area (Å²) >= 11 is 1.91. The van der Waals surface area contributed by atoms with E-state index in [1.54, 1.807) is 0 Å². The standard InChI is InChI=1S/C18H23NOS/c1-19-18(15-20,17-10-6-3-7-11-17)12-13-21-14-16-8-4-2-5-9-16/h2-11,19-20H,12-15H2,1H3. The lowest BCUT2D eigenvalue weighted by atomic mass is 9.88. The molecule has 0 aromatic heterocycles. The zero-order valence-corrected chi connectivity index (χ0v) is 13.3. The van der Waals surface area contributed by atoms with Crippen molar-refractivity contribution >= 4 is 11.8 Å². The molecule has 1 atom stereocenters. The van der Waals surface area contributed by atoms with Crippen LogP contribution in [0.1, 0.15) is 17.5 Å². The summed E-state index contributed by atoms with van der Waals surface area (Å²) in [5, 5.41) is 13.2. The minimum Gasteiger partial charge on any atom is -0.394 e. The topological polar surface area (TPSA) is 32.3 Å². The van der Waals surface area contributed by atoms with Gasteiger partial charge in [0.15, 0.2) is 0 Å². The van der Waals surface area contributed by atoms with Gasteiger partial charge in [0.25, 0.3) is 0 Å². The number of hydrogen-bond donors (Lipinski definition) is 2. The molecule has 0 amide bonds. The van der Waals surface area contributed by atoms with Crippen LogP contribution >= 0.6 is 11.8 Å². The molecule has 1 unspecified atom stereocenters. The molecule has 0 fully saturated rings. The van der Waals surface area contributed by atoms with Crippen molar-refractivity contribution in [2.45, 2.75) is 17.7 Å². The van der Waals surface area contributed by atoms with Gasteiger partial charge >= 0.3 is 0 Å². The van der Waals surface area contributed by atoms with Crippen molar-refractivity contribution in [2.75, 3.05) is 19.4 Å². The Kier molecular flexibility index (Phi) is 6.30. The van der Waals surface area contributed by atoms with Crippen LogP contribution in [0.5, 0.6) is 0 Å². The number of aliphatic hydroxyl groups is 1. The molecule has 2 aromatic carbocycles. The second-order valence-corrected chi connectivity index (χ2v) is 6.25. The number of nitrogens with one attached hydrogen (secondary N) is 1. The van der Waals surface area contributed by atoms with Gasteiger partial charge in [-0.3, -0.25) is 0 Å². The fraction of sp³-hybridized carbons (Fsp3) is 0.333. The van der Waals surface area contributed by atoms with Crippen LogP contribution in [0.2, 0.25) is 0 Å². The highest BCUT2D eigenvalue weighted by molar-refractivity contribution is 7.98. The molecule has 0 bridgehead atoms. The molecule has 21 heavy (non-hydrogen) atoms. The molecule has 112 valence electrons. The summed E-state index contributed by atoms with van der Waals surface area (Å²) in [6.07, 6.45) is 0.904. The average Bonchev–Trinajstić information content (AvgIpc) is 2.57. The van der Waals surface area contributed by atoms with E-state index in [1.165, 1.54) is 5.56 Å². The molecule has 0 aliphatic rings. The third kappa shape index (κ3) is 4.34. The lowest BCUT2D eigenvalue weighted by Crippen LogP contribution is -2.44. The summed E-state index contributed by atoms with van der Waals surface area (Å²) in [6, 6.07) is 20.7. The Morgan fingerprint density at radius 2 is 1.62 bits per heavy atom. The predicted molar refractivity (Wildman–Crippen MR) is 91.5 cm³/mol. The molecule has 0 spiro atoms. The summed E-state index contributed by atoms with van der Waals surface area (Å²) in [7, 11) is 1.92. The fourth-order valence-corrected chi connectivity index (χ4v) is 3.50. The van der Waals surface area contributed by atoms with Crippen LogP contribution in [0.4, 0.5) is 0 Å². The largest absolute Gasteiger partial charge is 0.394 e. The van der Waals surface area contributed by atoms with E-state index in [2.05, 4.69) is 41.7 Å². The van der Waals surface area contributed by atoms with E-state index >= 15 is 0 Å². The molecule has 0 saturated carbocycles. The number of rotatable bonds is 8. The van der Waals surface area contributed by atoms with E-state index in [1.807, 2.05) is 43.1 Å². The first kappa shape index (κ1) is 16.1. The average molecular weight is 301 g/mol. The van der Waals surface area contributed by atoms with Crippen LogP contribution in [-0.2, 0) is 11.3 Å². The Labute approximate surface area is 131 Å². The highest BCUT2D eigenvalue weighted by atomic mass is 32.2. The molecule has 0 heterocycles. The Morgan fingerprint density at radius 1 is 1.00 bits per heavy atom. The molecule has 2 nitrogen and oxygen atoms in total. The van der Waals surface area contributed by atoms with Gasteiger partial charge < -0.3 is 10.4 Å². The van der Waals surface area contributed by atoms with Crippen molar-refractivity contribution in [2.24, 2.45) is 0 Å². The summed E-state index contributed by atoms with van der Waals surface area (Å²) in [5.74, 6) is 2.02. The maximum absolute atomic E-state index is 9.87. The van der Waals surface area contributed by atoms with Crippen molar-refractivity contribution in [1.82, 2.24) is 5.32 Å². The van der Waals surface area contributed by atoms with Crippen LogP contribution in [0, 0.1) is 0 Å². The molecular formula is C18H23NOS. The SMILES string of the molecule is CNC(CO)(CCSCc1ccccc1)c1ccccc1. The van der Waals surface area contributed by atoms with E-state index in [0.29, 0.717) is 0 Å². The third-order valence-electron chi connectivity index (χ3n) is 3.86. The zero-order valence-electron chi connectivity index (χ0n) is 12.5. The minimum atomic E-state index is -0.342. The van der Waals surface area contributed by atoms with Crippen molar-refractivity contribution in [3.63, 3.8) is 0 Å². The van der Waals surface area contributed by atoms with Gasteiger partial charge in [-0.15, -0.1) is 0 Å². The van der Waals surface area contributed by atoms with Crippen molar-refractivity contribution in [3.05, 3.63) is 71.8 Å². The van der Waals surface area contributed by atoms with Crippen LogP contribution < -0.4 is 5.32 Å². The van der Waals surface area contributed by atoms with Gasteiger partial charge in [-0.25, -0.2) is 0 Å². The molecule has 2 aromatic rings. The maximum atomic E-state index is 9.87. The molecule has 0 aliphatic carbocycles. The monoisotopic (exact) mass is 301 g/mol. The smallest absolute Gasteiger partial charge is 0.0674 e. The highest BCUT2D eigenvalue weighted by Gasteiger charge is 2.28. The number of benzene rings is 2. The van der Waals surface area contributed by atoms with E-state index in [-0.39, 0.29) is 12.1 Å². The predicted octanol–water partition coefficient (Wildman–Crippen LogP) is 3.42. The van der Waals surface area contributed by atoms with Crippen LogP contribution in [0.3, 0.4) is 0 Å². The Morgan fingerprint density at radius 3 is 2.19 bits per heavy atom. The molecule has 0 aliphatic heterocycles. The van der Waals surface area contributed by atoms with Gasteiger partial charge in [-0.1, -0.05) is 60.7 Å². The quantitative estimate of drug-likeness (QED) is 0.733. The zero-order chi connectivity index (χ0) is 15.0. The number of hydrogen-bond acceptors (Lipinski definition) is 3. The summed E-state index contributed by atoms with van der Waals surface area (Å²) < 4.78 is 0. The maximum Gasteiger partial charge on any atom is 0.0674 e. The highest BCUT2D eigenvalue weighted by Crippen LogP contribution is 2.27.